The number of pyridine rings is 1. The van der Waals surface area contributed by atoms with Gasteiger partial charge in [0.25, 0.3) is 17.9 Å². The van der Waals surface area contributed by atoms with Crippen molar-refractivity contribution in [3.05, 3.63) is 103 Å². The lowest BCUT2D eigenvalue weighted by molar-refractivity contribution is -0.122. The number of amides is 1. The van der Waals surface area contributed by atoms with Crippen molar-refractivity contribution >= 4 is 66.9 Å². The molecule has 1 amide bonds. The Hall–Kier alpha value is -5.21. The third kappa shape index (κ3) is 6.04. The Labute approximate surface area is 321 Å². The number of aromatic nitrogens is 7. The van der Waals surface area contributed by atoms with Gasteiger partial charge < -0.3 is 5.73 Å². The van der Waals surface area contributed by atoms with Crippen LogP contribution in [0.15, 0.2) is 47.3 Å². The Kier molecular flexibility index (Phi) is 8.70. The summed E-state index contributed by atoms with van der Waals surface area (Å²) in [6.45, 7) is 0. The number of anilines is 1. The van der Waals surface area contributed by atoms with Gasteiger partial charge in [-0.1, -0.05) is 23.2 Å². The van der Waals surface area contributed by atoms with Gasteiger partial charge in [-0.2, -0.15) is 19.0 Å². The molecule has 0 spiro atoms. The molecule has 8 rings (SSSR count). The smallest absolute Gasteiger partial charge is 0.293 e. The predicted octanol–water partition coefficient (Wildman–Crippen LogP) is 6.02. The van der Waals surface area contributed by atoms with E-state index in [1.807, 2.05) is 0 Å². The highest BCUT2D eigenvalue weighted by Crippen LogP contribution is 2.68. The first-order valence-corrected chi connectivity index (χ1v) is 19.2. The predicted molar refractivity (Wildman–Crippen MR) is 191 cm³/mol. The Balaban J connectivity index is 1.49. The minimum Gasteiger partial charge on any atom is -0.368 e. The van der Waals surface area contributed by atoms with E-state index in [1.165, 1.54) is 36.0 Å². The normalized spacial score (nSPS) is 18.3. The number of carbonyl (C=O) groups is 1. The van der Waals surface area contributed by atoms with Crippen molar-refractivity contribution in [1.29, 1.82) is 0 Å². The molecule has 4 aromatic heterocycles. The quantitative estimate of drug-likeness (QED) is 0.125. The van der Waals surface area contributed by atoms with E-state index in [2.05, 4.69) is 24.9 Å². The summed E-state index contributed by atoms with van der Waals surface area (Å²) in [5.74, 6) is -12.2. The van der Waals surface area contributed by atoms with Crippen LogP contribution in [0.2, 0.25) is 10.2 Å². The lowest BCUT2D eigenvalue weighted by Crippen LogP contribution is -2.39. The number of aryl methyl sites for hydroxylation is 1. The average molecular weight is 841 g/mol. The number of alkyl halides is 4. The third-order valence-electron chi connectivity index (χ3n) is 9.93. The Morgan fingerprint density at radius 2 is 1.77 bits per heavy atom. The molecule has 1 saturated carbocycles. The van der Waals surface area contributed by atoms with Crippen LogP contribution in [0.3, 0.4) is 0 Å². The van der Waals surface area contributed by atoms with Crippen molar-refractivity contribution in [2.45, 2.75) is 43.1 Å². The molecule has 4 atom stereocenters. The number of primary amides is 1. The minimum absolute atomic E-state index is 0.00726. The fraction of sp³-hybridized carbons (Fsp3) is 0.294. The molecule has 1 unspecified atom stereocenters. The number of nitrogens with one attached hydrogen (secondary N) is 1. The number of carbonyl (C=O) groups excluding carboxylic acids is 1. The lowest BCUT2D eigenvalue weighted by atomic mass is 9.89. The van der Waals surface area contributed by atoms with Crippen molar-refractivity contribution in [2.24, 2.45) is 18.7 Å². The number of rotatable bonds is 10. The molecule has 0 bridgehead atoms. The average Bonchev–Trinajstić information content (AvgIpc) is 3.61. The van der Waals surface area contributed by atoms with Crippen LogP contribution >= 0.6 is 23.2 Å². The molecule has 56 heavy (non-hydrogen) atoms. The van der Waals surface area contributed by atoms with Gasteiger partial charge in [-0.25, -0.2) is 40.6 Å². The third-order valence-corrected chi connectivity index (χ3v) is 11.0. The maximum absolute atomic E-state index is 16.0. The van der Waals surface area contributed by atoms with E-state index in [0.717, 1.165) is 23.0 Å². The van der Waals surface area contributed by atoms with Crippen LogP contribution in [0, 0.1) is 17.6 Å². The molecular formula is C34H25Cl2F6N9O4S. The standard InChI is InChI=1S/C34H25Cl2F6N9O4S/c1-49-26-20(5-4-19(35)23(26)31(47-49)48-56(2,54)55)50-32(45-30-15(33(50)53)3-6-21(36)44-30)17(9-12-7-13(37)10-14(38)8-12)25(29(43)52)51-27-22(24(46-51)28(39)40)16-11-18(16)34(27,41)42/h3-8,10,16-18,25,28H,9,11H2,1-2H3,(H2,43,52)(H,47,48)/t16-,17-,18+,25?/m0/s1. The number of hydrogen-bond donors (Lipinski definition) is 2. The monoisotopic (exact) mass is 839 g/mol. The zero-order valence-electron chi connectivity index (χ0n) is 28.6. The van der Waals surface area contributed by atoms with Crippen molar-refractivity contribution in [1.82, 2.24) is 34.1 Å². The van der Waals surface area contributed by atoms with Gasteiger partial charge in [0.1, 0.15) is 40.0 Å². The van der Waals surface area contributed by atoms with E-state index < -0.39 is 98.5 Å². The molecule has 13 nitrogen and oxygen atoms in total. The largest absolute Gasteiger partial charge is 0.368 e. The van der Waals surface area contributed by atoms with E-state index in [-0.39, 0.29) is 55.6 Å². The number of hydrogen-bond acceptors (Lipinski definition) is 8. The maximum atomic E-state index is 16.0. The summed E-state index contributed by atoms with van der Waals surface area (Å²) in [6, 6.07) is 5.29. The van der Waals surface area contributed by atoms with Gasteiger partial charge in [0.15, 0.2) is 11.5 Å². The van der Waals surface area contributed by atoms with Gasteiger partial charge in [0, 0.05) is 24.6 Å². The van der Waals surface area contributed by atoms with E-state index in [1.54, 1.807) is 0 Å². The van der Waals surface area contributed by atoms with Gasteiger partial charge in [0.05, 0.1) is 39.2 Å². The van der Waals surface area contributed by atoms with Crippen LogP contribution in [0.1, 0.15) is 59.1 Å². The molecule has 1 fully saturated rings. The summed E-state index contributed by atoms with van der Waals surface area (Å²) < 4.78 is 120. The number of sulfonamides is 1. The molecule has 4 heterocycles. The van der Waals surface area contributed by atoms with Gasteiger partial charge in [0.2, 0.25) is 15.9 Å². The summed E-state index contributed by atoms with van der Waals surface area (Å²) in [6.07, 6.45) is -3.28. The number of halogens is 8. The first-order valence-electron chi connectivity index (χ1n) is 16.5. The number of nitrogens with two attached hydrogens (primary N) is 1. The first-order chi connectivity index (χ1) is 26.3. The Bertz CT molecular complexity index is 2830. The lowest BCUT2D eigenvalue weighted by Gasteiger charge is -2.30. The maximum Gasteiger partial charge on any atom is 0.293 e. The molecule has 2 aliphatic rings. The Morgan fingerprint density at radius 1 is 1.07 bits per heavy atom. The Morgan fingerprint density at radius 3 is 2.41 bits per heavy atom. The van der Waals surface area contributed by atoms with E-state index in [9.17, 15) is 35.6 Å². The zero-order chi connectivity index (χ0) is 40.3. The highest BCUT2D eigenvalue weighted by molar-refractivity contribution is 7.92. The van der Waals surface area contributed by atoms with Crippen LogP contribution in [-0.4, -0.2) is 54.7 Å². The zero-order valence-corrected chi connectivity index (χ0v) is 30.9. The molecular weight excluding hydrogens is 815 g/mol. The highest BCUT2D eigenvalue weighted by Gasteiger charge is 2.67. The van der Waals surface area contributed by atoms with Crippen molar-refractivity contribution in [3.63, 3.8) is 0 Å². The summed E-state index contributed by atoms with van der Waals surface area (Å²) in [5, 5.41) is 7.73. The molecule has 2 aromatic carbocycles. The molecule has 0 radical (unpaired) electrons. The summed E-state index contributed by atoms with van der Waals surface area (Å²) >= 11 is 12.7. The molecule has 0 aliphatic heterocycles. The second-order valence-electron chi connectivity index (χ2n) is 13.7. The van der Waals surface area contributed by atoms with Crippen LogP contribution in [0.5, 0.6) is 0 Å². The van der Waals surface area contributed by atoms with Crippen molar-refractivity contribution in [3.8, 4) is 5.69 Å². The van der Waals surface area contributed by atoms with Gasteiger partial charge >= 0.3 is 0 Å². The molecule has 0 saturated heterocycles. The van der Waals surface area contributed by atoms with Gasteiger partial charge in [-0.3, -0.25) is 23.6 Å². The second kappa shape index (κ2) is 12.9. The topological polar surface area (TPSA) is 173 Å². The number of benzene rings is 2. The number of nitrogens with zero attached hydrogens (tertiary/aromatic N) is 7. The second-order valence-corrected chi connectivity index (χ2v) is 16.2. The van der Waals surface area contributed by atoms with E-state index >= 15 is 8.78 Å². The summed E-state index contributed by atoms with van der Waals surface area (Å²) in [4.78, 5) is 37.2. The van der Waals surface area contributed by atoms with Crippen molar-refractivity contribution in [2.75, 3.05) is 11.0 Å². The highest BCUT2D eigenvalue weighted by atomic mass is 35.5. The fourth-order valence-electron chi connectivity index (χ4n) is 7.76. The van der Waals surface area contributed by atoms with Crippen molar-refractivity contribution < 1.29 is 39.6 Å². The molecule has 2 aliphatic carbocycles. The first kappa shape index (κ1) is 37.7. The summed E-state index contributed by atoms with van der Waals surface area (Å²) in [7, 11) is -2.56. The van der Waals surface area contributed by atoms with Crippen LogP contribution < -0.4 is 16.0 Å². The van der Waals surface area contributed by atoms with E-state index in [4.69, 9.17) is 28.9 Å². The van der Waals surface area contributed by atoms with Crippen LogP contribution in [0.4, 0.5) is 32.2 Å². The fourth-order valence-corrected chi connectivity index (χ4v) is 8.64. The molecule has 22 heteroatoms. The van der Waals surface area contributed by atoms with Crippen LogP contribution in [-0.2, 0) is 34.2 Å². The molecule has 3 N–H and O–H groups in total. The molecule has 6 aromatic rings. The SMILES string of the molecule is Cn1nc(NS(C)(=O)=O)c2c(Cl)ccc(-n3c([C@@H](Cc4cc(F)cc(F)c4)C(C(N)=O)n4nc(C(F)F)c5c4C(F)(F)[C@@H]4C[C@H]54)nc4nc(Cl)ccc4c3=O)c21. The summed E-state index contributed by atoms with van der Waals surface area (Å²) in [5.41, 5.74) is 2.01. The van der Waals surface area contributed by atoms with E-state index in [0.29, 0.717) is 10.7 Å². The van der Waals surface area contributed by atoms with Crippen LogP contribution in [0.25, 0.3) is 27.6 Å². The van der Waals surface area contributed by atoms with Gasteiger partial charge in [-0.15, -0.1) is 0 Å². The minimum atomic E-state index is -3.95. The van der Waals surface area contributed by atoms with Gasteiger partial charge in [-0.05, 0) is 60.7 Å². The molecule has 292 valence electrons. The number of fused-ring (bicyclic) bond motifs is 5.